The van der Waals surface area contributed by atoms with E-state index < -0.39 is 58.3 Å². The SMILES string of the molecule is CCOC(=O)C1C(C(F)(F)F)[C@@]12C(=O)N(C)c1c(C(F)(F)F)cccc12. The molecule has 0 bridgehead atoms. The first kappa shape index (κ1) is 18.5. The summed E-state index contributed by atoms with van der Waals surface area (Å²) >= 11 is 0. The molecular weight excluding hydrogens is 368 g/mol. The number of amides is 1. The largest absolute Gasteiger partial charge is 0.466 e. The molecule has 0 aromatic heterocycles. The summed E-state index contributed by atoms with van der Waals surface area (Å²) in [6.45, 7) is 1.17. The highest BCUT2D eigenvalue weighted by atomic mass is 19.4. The molecule has 1 heterocycles. The lowest BCUT2D eigenvalue weighted by Crippen LogP contribution is -2.33. The zero-order valence-corrected chi connectivity index (χ0v) is 13.5. The van der Waals surface area contributed by atoms with Crippen molar-refractivity contribution in [2.75, 3.05) is 18.6 Å². The first-order chi connectivity index (χ1) is 11.9. The number of halogens is 6. The molecule has 0 radical (unpaired) electrons. The number of hydrogen-bond acceptors (Lipinski definition) is 3. The molecule has 1 aromatic carbocycles. The fraction of sp³-hybridized carbons (Fsp3) is 0.500. The van der Waals surface area contributed by atoms with Crippen molar-refractivity contribution in [3.8, 4) is 0 Å². The van der Waals surface area contributed by atoms with Gasteiger partial charge in [-0.05, 0) is 18.6 Å². The fourth-order valence-electron chi connectivity index (χ4n) is 3.95. The molecule has 10 heteroatoms. The average molecular weight is 381 g/mol. The number of carbonyl (C=O) groups excluding carboxylic acids is 2. The zero-order valence-electron chi connectivity index (χ0n) is 13.5. The van der Waals surface area contributed by atoms with E-state index in [1.807, 2.05) is 0 Å². The summed E-state index contributed by atoms with van der Waals surface area (Å²) < 4.78 is 85.0. The number of carbonyl (C=O) groups is 2. The van der Waals surface area contributed by atoms with Gasteiger partial charge in [-0.25, -0.2) is 0 Å². The van der Waals surface area contributed by atoms with Gasteiger partial charge in [0, 0.05) is 7.05 Å². The van der Waals surface area contributed by atoms with Gasteiger partial charge in [-0.1, -0.05) is 12.1 Å². The number of ether oxygens (including phenoxy) is 1. The number of esters is 1. The van der Waals surface area contributed by atoms with Gasteiger partial charge in [-0.3, -0.25) is 9.59 Å². The summed E-state index contributed by atoms with van der Waals surface area (Å²) in [5.74, 6) is -6.76. The molecular formula is C16H13F6NO3. The van der Waals surface area contributed by atoms with Gasteiger partial charge in [-0.2, -0.15) is 26.3 Å². The van der Waals surface area contributed by atoms with Crippen molar-refractivity contribution < 1.29 is 40.7 Å². The third kappa shape index (κ3) is 2.23. The number of rotatable bonds is 2. The van der Waals surface area contributed by atoms with Crippen molar-refractivity contribution in [3.63, 3.8) is 0 Å². The van der Waals surface area contributed by atoms with E-state index in [0.29, 0.717) is 11.0 Å². The zero-order chi connectivity index (χ0) is 19.7. The van der Waals surface area contributed by atoms with Gasteiger partial charge in [0.15, 0.2) is 0 Å². The van der Waals surface area contributed by atoms with Gasteiger partial charge in [0.25, 0.3) is 0 Å². The Hall–Kier alpha value is -2.26. The highest BCUT2D eigenvalue weighted by Crippen LogP contribution is 2.71. The molecule has 4 nitrogen and oxygen atoms in total. The van der Waals surface area contributed by atoms with Crippen LogP contribution in [0.3, 0.4) is 0 Å². The molecule has 3 atom stereocenters. The van der Waals surface area contributed by atoms with E-state index in [0.717, 1.165) is 19.2 Å². The van der Waals surface area contributed by atoms with Crippen LogP contribution in [-0.2, 0) is 25.9 Å². The first-order valence-electron chi connectivity index (χ1n) is 7.62. The molecule has 2 unspecified atom stereocenters. The van der Waals surface area contributed by atoms with Crippen LogP contribution in [0.25, 0.3) is 0 Å². The van der Waals surface area contributed by atoms with Crippen LogP contribution in [0.4, 0.5) is 32.0 Å². The molecule has 142 valence electrons. The van der Waals surface area contributed by atoms with Crippen LogP contribution in [-0.4, -0.2) is 31.7 Å². The highest BCUT2D eigenvalue weighted by Gasteiger charge is 2.85. The van der Waals surface area contributed by atoms with Crippen LogP contribution in [0.1, 0.15) is 18.1 Å². The quantitative estimate of drug-likeness (QED) is 0.584. The van der Waals surface area contributed by atoms with Crippen molar-refractivity contribution in [3.05, 3.63) is 29.3 Å². The van der Waals surface area contributed by atoms with Gasteiger partial charge in [0.05, 0.1) is 29.7 Å². The Morgan fingerprint density at radius 3 is 2.35 bits per heavy atom. The van der Waals surface area contributed by atoms with Gasteiger partial charge in [0.1, 0.15) is 5.41 Å². The molecule has 1 spiro atoms. The Balaban J connectivity index is 2.24. The number of hydrogen-bond donors (Lipinski definition) is 0. The second-order valence-corrected chi connectivity index (χ2v) is 6.18. The molecule has 1 aromatic rings. The van der Waals surface area contributed by atoms with Gasteiger partial charge in [0.2, 0.25) is 5.91 Å². The van der Waals surface area contributed by atoms with Gasteiger partial charge >= 0.3 is 18.3 Å². The van der Waals surface area contributed by atoms with Crippen LogP contribution < -0.4 is 4.90 Å². The van der Waals surface area contributed by atoms with Crippen LogP contribution in [0.2, 0.25) is 0 Å². The molecule has 26 heavy (non-hydrogen) atoms. The van der Waals surface area contributed by atoms with Crippen molar-refractivity contribution in [1.29, 1.82) is 0 Å². The number of alkyl halides is 6. The van der Waals surface area contributed by atoms with E-state index in [1.165, 1.54) is 6.92 Å². The maximum Gasteiger partial charge on any atom is 0.418 e. The normalized spacial score (nSPS) is 27.7. The predicted octanol–water partition coefficient (Wildman–Crippen LogP) is 3.29. The number of likely N-dealkylation sites (N-methyl/N-ethyl adjacent to an activating group) is 1. The highest BCUT2D eigenvalue weighted by molar-refractivity contribution is 6.14. The van der Waals surface area contributed by atoms with Crippen molar-refractivity contribution >= 4 is 17.6 Å². The maximum atomic E-state index is 13.5. The number of benzene rings is 1. The third-order valence-corrected chi connectivity index (χ3v) is 4.88. The number of para-hydroxylation sites is 1. The molecule has 1 aliphatic carbocycles. The maximum absolute atomic E-state index is 13.5. The summed E-state index contributed by atoms with van der Waals surface area (Å²) in [6.07, 6.45) is -9.82. The summed E-state index contributed by atoms with van der Waals surface area (Å²) in [5, 5.41) is 0. The molecule has 1 aliphatic heterocycles. The molecule has 0 saturated heterocycles. The van der Waals surface area contributed by atoms with E-state index in [4.69, 9.17) is 0 Å². The molecule has 1 fully saturated rings. The summed E-state index contributed by atoms with van der Waals surface area (Å²) in [7, 11) is 0.971. The average Bonchev–Trinajstić information content (AvgIpc) is 3.18. The van der Waals surface area contributed by atoms with E-state index >= 15 is 0 Å². The number of nitrogens with zero attached hydrogens (tertiary/aromatic N) is 1. The van der Waals surface area contributed by atoms with E-state index in [-0.39, 0.29) is 6.61 Å². The van der Waals surface area contributed by atoms with Crippen LogP contribution in [0, 0.1) is 11.8 Å². The monoisotopic (exact) mass is 381 g/mol. The standard InChI is InChI=1S/C16H13F6NO3/c1-3-26-12(24)9-11(16(20,21)22)14(9)7-5-4-6-8(15(17,18)19)10(7)23(2)13(14)25/h4-6,9,11H,3H2,1-2H3/t9?,11?,14-/m0/s1. The molecule has 0 N–H and O–H groups in total. The topological polar surface area (TPSA) is 46.6 Å². The van der Waals surface area contributed by atoms with Crippen LogP contribution >= 0.6 is 0 Å². The Labute approximate surface area is 143 Å². The predicted molar refractivity (Wildman–Crippen MR) is 76.2 cm³/mol. The van der Waals surface area contributed by atoms with E-state index in [9.17, 15) is 35.9 Å². The Morgan fingerprint density at radius 1 is 1.23 bits per heavy atom. The third-order valence-electron chi connectivity index (χ3n) is 4.88. The number of fused-ring (bicyclic) bond motifs is 2. The molecule has 3 rings (SSSR count). The van der Waals surface area contributed by atoms with Gasteiger partial charge in [-0.15, -0.1) is 0 Å². The van der Waals surface area contributed by atoms with Crippen LogP contribution in [0.5, 0.6) is 0 Å². The lowest BCUT2D eigenvalue weighted by Gasteiger charge is -2.16. The number of anilines is 1. The second kappa shape index (κ2) is 5.37. The fourth-order valence-corrected chi connectivity index (χ4v) is 3.95. The molecule has 1 amide bonds. The van der Waals surface area contributed by atoms with Crippen molar-refractivity contribution in [1.82, 2.24) is 0 Å². The van der Waals surface area contributed by atoms with Crippen molar-refractivity contribution in [2.24, 2.45) is 11.8 Å². The molecule has 1 saturated carbocycles. The minimum absolute atomic E-state index is 0.213. The Kier molecular flexibility index (Phi) is 3.83. The first-order valence-corrected chi connectivity index (χ1v) is 7.62. The second-order valence-electron chi connectivity index (χ2n) is 6.18. The summed E-state index contributed by atoms with van der Waals surface area (Å²) in [5.41, 5.74) is -4.72. The minimum atomic E-state index is -4.95. The minimum Gasteiger partial charge on any atom is -0.466 e. The Morgan fingerprint density at radius 2 is 1.85 bits per heavy atom. The lowest BCUT2D eigenvalue weighted by atomic mass is 9.91. The van der Waals surface area contributed by atoms with Crippen LogP contribution in [0.15, 0.2) is 18.2 Å². The Bertz CT molecular complexity index is 787. The molecule has 2 aliphatic rings. The summed E-state index contributed by atoms with van der Waals surface area (Å²) in [6, 6.07) is 2.65. The van der Waals surface area contributed by atoms with Gasteiger partial charge < -0.3 is 9.64 Å². The summed E-state index contributed by atoms with van der Waals surface area (Å²) in [4.78, 5) is 25.3. The van der Waals surface area contributed by atoms with E-state index in [1.54, 1.807) is 0 Å². The lowest BCUT2D eigenvalue weighted by molar-refractivity contribution is -0.164. The van der Waals surface area contributed by atoms with E-state index in [2.05, 4.69) is 4.74 Å². The van der Waals surface area contributed by atoms with Crippen molar-refractivity contribution in [2.45, 2.75) is 24.7 Å². The smallest absolute Gasteiger partial charge is 0.418 e.